The first-order valence-electron chi connectivity index (χ1n) is 5.21. The zero-order chi connectivity index (χ0) is 12.1. The Morgan fingerprint density at radius 2 is 2.25 bits per heavy atom. The van der Waals surface area contributed by atoms with Crippen LogP contribution in [-0.2, 0) is 9.53 Å². The van der Waals surface area contributed by atoms with E-state index in [-0.39, 0.29) is 18.4 Å². The monoisotopic (exact) mass is 241 g/mol. The summed E-state index contributed by atoms with van der Waals surface area (Å²) < 4.78 is 4.84. The molecule has 88 valence electrons. The molecule has 1 unspecified atom stereocenters. The van der Waals surface area contributed by atoms with Crippen LogP contribution >= 0.6 is 11.6 Å². The third-order valence-corrected chi connectivity index (χ3v) is 2.73. The van der Waals surface area contributed by atoms with E-state index in [9.17, 15) is 4.79 Å². The van der Waals surface area contributed by atoms with Gasteiger partial charge in [-0.25, -0.2) is 0 Å². The van der Waals surface area contributed by atoms with Gasteiger partial charge in [-0.15, -0.1) is 0 Å². The summed E-state index contributed by atoms with van der Waals surface area (Å²) in [6.45, 7) is 4.06. The largest absolute Gasteiger partial charge is 0.466 e. The Morgan fingerprint density at radius 1 is 1.56 bits per heavy atom. The van der Waals surface area contributed by atoms with Crippen LogP contribution in [0.4, 0.5) is 0 Å². The van der Waals surface area contributed by atoms with Crippen LogP contribution in [0.15, 0.2) is 18.2 Å². The van der Waals surface area contributed by atoms with Crippen LogP contribution in [0.2, 0.25) is 5.02 Å². The Morgan fingerprint density at radius 3 is 2.81 bits per heavy atom. The van der Waals surface area contributed by atoms with Gasteiger partial charge in [-0.3, -0.25) is 4.79 Å². The van der Waals surface area contributed by atoms with Gasteiger partial charge >= 0.3 is 5.97 Å². The molecule has 2 N–H and O–H groups in total. The van der Waals surface area contributed by atoms with Gasteiger partial charge in [0.1, 0.15) is 0 Å². The molecule has 0 heterocycles. The number of esters is 1. The van der Waals surface area contributed by atoms with E-state index in [2.05, 4.69) is 0 Å². The molecule has 0 radical (unpaired) electrons. The van der Waals surface area contributed by atoms with Gasteiger partial charge in [0.2, 0.25) is 0 Å². The lowest BCUT2D eigenvalue weighted by atomic mass is 10.0. The molecule has 0 spiro atoms. The third-order valence-electron chi connectivity index (χ3n) is 2.30. The van der Waals surface area contributed by atoms with E-state index in [1.54, 1.807) is 13.0 Å². The molecule has 1 aromatic rings. The van der Waals surface area contributed by atoms with Crippen molar-refractivity contribution >= 4 is 17.6 Å². The summed E-state index contributed by atoms with van der Waals surface area (Å²) in [4.78, 5) is 11.3. The van der Waals surface area contributed by atoms with E-state index in [1.807, 2.05) is 19.1 Å². The van der Waals surface area contributed by atoms with E-state index in [1.165, 1.54) is 0 Å². The standard InChI is InChI=1S/C12H16ClNO2/c1-3-16-12(15)7-11(14)9-4-5-10(13)8(2)6-9/h4-6,11H,3,7,14H2,1-2H3. The lowest BCUT2D eigenvalue weighted by molar-refractivity contribution is -0.143. The number of carbonyl (C=O) groups is 1. The molecule has 0 aliphatic carbocycles. The summed E-state index contributed by atoms with van der Waals surface area (Å²) in [6.07, 6.45) is 0.189. The Hall–Kier alpha value is -1.06. The Labute approximate surface area is 101 Å². The molecule has 0 aliphatic heterocycles. The molecule has 0 fully saturated rings. The maximum atomic E-state index is 11.3. The molecule has 1 aromatic carbocycles. The van der Waals surface area contributed by atoms with Crippen LogP contribution < -0.4 is 5.73 Å². The summed E-state index contributed by atoms with van der Waals surface area (Å²) in [7, 11) is 0. The van der Waals surface area contributed by atoms with Gasteiger partial charge in [0.15, 0.2) is 0 Å². The molecule has 3 nitrogen and oxygen atoms in total. The second-order valence-electron chi connectivity index (χ2n) is 3.62. The average Bonchev–Trinajstić information content (AvgIpc) is 2.22. The van der Waals surface area contributed by atoms with Gasteiger partial charge in [-0.05, 0) is 31.0 Å². The highest BCUT2D eigenvalue weighted by atomic mass is 35.5. The number of halogens is 1. The predicted molar refractivity (Wildman–Crippen MR) is 64.4 cm³/mol. The summed E-state index contributed by atoms with van der Waals surface area (Å²) in [5.74, 6) is -0.275. The van der Waals surface area contributed by atoms with E-state index >= 15 is 0 Å². The van der Waals surface area contributed by atoms with Crippen LogP contribution in [0, 0.1) is 6.92 Å². The smallest absolute Gasteiger partial charge is 0.307 e. The topological polar surface area (TPSA) is 52.3 Å². The fourth-order valence-electron chi connectivity index (χ4n) is 1.42. The molecule has 1 atom stereocenters. The minimum atomic E-state index is -0.338. The van der Waals surface area contributed by atoms with E-state index < -0.39 is 0 Å². The van der Waals surface area contributed by atoms with Gasteiger partial charge in [0.25, 0.3) is 0 Å². The van der Waals surface area contributed by atoms with Gasteiger partial charge in [-0.1, -0.05) is 23.7 Å². The van der Waals surface area contributed by atoms with Crippen molar-refractivity contribution in [3.8, 4) is 0 Å². The van der Waals surface area contributed by atoms with Crippen molar-refractivity contribution in [2.75, 3.05) is 6.61 Å². The van der Waals surface area contributed by atoms with Crippen LogP contribution in [0.25, 0.3) is 0 Å². The number of ether oxygens (including phenoxy) is 1. The van der Waals surface area contributed by atoms with E-state index in [0.29, 0.717) is 11.6 Å². The van der Waals surface area contributed by atoms with Crippen LogP contribution in [0.5, 0.6) is 0 Å². The van der Waals surface area contributed by atoms with Crippen LogP contribution in [0.3, 0.4) is 0 Å². The lowest BCUT2D eigenvalue weighted by Gasteiger charge is -2.12. The van der Waals surface area contributed by atoms with Gasteiger partial charge in [0.05, 0.1) is 13.0 Å². The number of hydrogen-bond donors (Lipinski definition) is 1. The third kappa shape index (κ3) is 3.51. The molecule has 0 aromatic heterocycles. The molecule has 0 saturated carbocycles. The second kappa shape index (κ2) is 5.87. The van der Waals surface area contributed by atoms with Crippen LogP contribution in [0.1, 0.15) is 30.5 Å². The number of nitrogens with two attached hydrogens (primary N) is 1. The van der Waals surface area contributed by atoms with Crippen molar-refractivity contribution in [1.82, 2.24) is 0 Å². The summed E-state index contributed by atoms with van der Waals surface area (Å²) in [5.41, 5.74) is 7.76. The van der Waals surface area contributed by atoms with Crippen molar-refractivity contribution < 1.29 is 9.53 Å². The maximum absolute atomic E-state index is 11.3. The predicted octanol–water partition coefficient (Wildman–Crippen LogP) is 2.60. The van der Waals surface area contributed by atoms with Crippen molar-refractivity contribution in [2.45, 2.75) is 26.3 Å². The average molecular weight is 242 g/mol. The normalized spacial score (nSPS) is 12.2. The van der Waals surface area contributed by atoms with Crippen molar-refractivity contribution in [3.63, 3.8) is 0 Å². The van der Waals surface area contributed by atoms with Crippen molar-refractivity contribution in [1.29, 1.82) is 0 Å². The molecule has 16 heavy (non-hydrogen) atoms. The quantitative estimate of drug-likeness (QED) is 0.825. The Bertz CT molecular complexity index is 379. The molecule has 0 amide bonds. The summed E-state index contributed by atoms with van der Waals surface area (Å²) >= 11 is 5.91. The van der Waals surface area contributed by atoms with Gasteiger partial charge in [0, 0.05) is 11.1 Å². The maximum Gasteiger partial charge on any atom is 0.307 e. The first-order valence-corrected chi connectivity index (χ1v) is 5.59. The first kappa shape index (κ1) is 13.0. The fourth-order valence-corrected chi connectivity index (χ4v) is 1.53. The molecule has 1 rings (SSSR count). The molecule has 0 bridgehead atoms. The first-order chi connectivity index (χ1) is 7.54. The van der Waals surface area contributed by atoms with E-state index in [0.717, 1.165) is 11.1 Å². The SMILES string of the molecule is CCOC(=O)CC(N)c1ccc(Cl)c(C)c1. The van der Waals surface area contributed by atoms with Crippen molar-refractivity contribution in [3.05, 3.63) is 34.3 Å². The van der Waals surface area contributed by atoms with Crippen molar-refractivity contribution in [2.24, 2.45) is 5.73 Å². The highest BCUT2D eigenvalue weighted by molar-refractivity contribution is 6.31. The Kier molecular flexibility index (Phi) is 4.77. The highest BCUT2D eigenvalue weighted by Crippen LogP contribution is 2.21. The number of benzene rings is 1. The fraction of sp³-hybridized carbons (Fsp3) is 0.417. The zero-order valence-corrected chi connectivity index (χ0v) is 10.3. The molecule has 0 saturated heterocycles. The lowest BCUT2D eigenvalue weighted by Crippen LogP contribution is -2.17. The minimum absolute atomic E-state index is 0.189. The van der Waals surface area contributed by atoms with Gasteiger partial charge < -0.3 is 10.5 Å². The van der Waals surface area contributed by atoms with Gasteiger partial charge in [-0.2, -0.15) is 0 Å². The number of hydrogen-bond acceptors (Lipinski definition) is 3. The number of carbonyl (C=O) groups excluding carboxylic acids is 1. The number of aryl methyl sites for hydroxylation is 1. The zero-order valence-electron chi connectivity index (χ0n) is 9.50. The van der Waals surface area contributed by atoms with Crippen LogP contribution in [-0.4, -0.2) is 12.6 Å². The molecule has 4 heteroatoms. The summed E-state index contributed by atoms with van der Waals surface area (Å²) in [6, 6.07) is 5.18. The second-order valence-corrected chi connectivity index (χ2v) is 4.03. The summed E-state index contributed by atoms with van der Waals surface area (Å²) in [5, 5.41) is 0.701. The van der Waals surface area contributed by atoms with E-state index in [4.69, 9.17) is 22.1 Å². The Balaban J connectivity index is 2.69. The molecule has 0 aliphatic rings. The molecular weight excluding hydrogens is 226 g/mol. The highest BCUT2D eigenvalue weighted by Gasteiger charge is 2.12. The number of rotatable bonds is 4. The molecular formula is C12H16ClNO2. The minimum Gasteiger partial charge on any atom is -0.466 e.